The van der Waals surface area contributed by atoms with Crippen LogP contribution in [-0.4, -0.2) is 12.6 Å². The number of carbonyl (C=O) groups is 1. The minimum Gasteiger partial charge on any atom is -0.466 e. The van der Waals surface area contributed by atoms with Gasteiger partial charge in [0.15, 0.2) is 0 Å². The Bertz CT molecular complexity index is 231. The maximum Gasteiger partial charge on any atom is 0.313 e. The van der Waals surface area contributed by atoms with E-state index in [2.05, 4.69) is 6.07 Å². The van der Waals surface area contributed by atoms with E-state index in [0.717, 1.165) is 0 Å². The van der Waals surface area contributed by atoms with Crippen molar-refractivity contribution in [2.45, 2.75) is 26.7 Å². The molecule has 3 heteroatoms. The zero-order chi connectivity index (χ0) is 9.19. The summed E-state index contributed by atoms with van der Waals surface area (Å²) in [5.41, 5.74) is -0.454. The SMILES string of the molecule is CCOC(=O)C1(CC)CC1C#N. The zero-order valence-electron chi connectivity index (χ0n) is 7.46. The standard InChI is InChI=1S/C9H13NO2/c1-3-9(5-7(9)6-10)8(11)12-4-2/h7H,3-5H2,1-2H3. The van der Waals surface area contributed by atoms with E-state index in [9.17, 15) is 4.79 Å². The lowest BCUT2D eigenvalue weighted by molar-refractivity contribution is -0.150. The van der Waals surface area contributed by atoms with Crippen LogP contribution in [0.4, 0.5) is 0 Å². The van der Waals surface area contributed by atoms with Gasteiger partial charge in [0.05, 0.1) is 24.0 Å². The van der Waals surface area contributed by atoms with E-state index in [1.807, 2.05) is 6.92 Å². The van der Waals surface area contributed by atoms with E-state index >= 15 is 0 Å². The summed E-state index contributed by atoms with van der Waals surface area (Å²) in [5, 5.41) is 8.63. The first-order valence-corrected chi connectivity index (χ1v) is 4.28. The molecule has 0 radical (unpaired) electrons. The fourth-order valence-electron chi connectivity index (χ4n) is 1.51. The molecule has 2 atom stereocenters. The van der Waals surface area contributed by atoms with Gasteiger partial charge in [-0.25, -0.2) is 0 Å². The molecule has 0 aromatic rings. The van der Waals surface area contributed by atoms with Gasteiger partial charge in [-0.15, -0.1) is 0 Å². The molecule has 0 aromatic carbocycles. The maximum absolute atomic E-state index is 11.4. The van der Waals surface area contributed by atoms with Gasteiger partial charge in [0, 0.05) is 0 Å². The van der Waals surface area contributed by atoms with Crippen molar-refractivity contribution in [3.8, 4) is 6.07 Å². The quantitative estimate of drug-likeness (QED) is 0.598. The Hall–Kier alpha value is -1.04. The van der Waals surface area contributed by atoms with Crippen LogP contribution in [0.15, 0.2) is 0 Å². The minimum atomic E-state index is -0.454. The predicted octanol–water partition coefficient (Wildman–Crippen LogP) is 1.49. The van der Waals surface area contributed by atoms with Gasteiger partial charge in [-0.05, 0) is 19.8 Å². The van der Waals surface area contributed by atoms with Crippen LogP contribution in [0.2, 0.25) is 0 Å². The summed E-state index contributed by atoms with van der Waals surface area (Å²) >= 11 is 0. The Morgan fingerprint density at radius 3 is 2.75 bits per heavy atom. The number of ether oxygens (including phenoxy) is 1. The largest absolute Gasteiger partial charge is 0.466 e. The van der Waals surface area contributed by atoms with Crippen LogP contribution < -0.4 is 0 Å². The summed E-state index contributed by atoms with van der Waals surface area (Å²) < 4.78 is 4.90. The molecule has 0 N–H and O–H groups in total. The lowest BCUT2D eigenvalue weighted by atomic mass is 10.0. The van der Waals surface area contributed by atoms with Crippen LogP contribution in [0.5, 0.6) is 0 Å². The second-order valence-electron chi connectivity index (χ2n) is 3.12. The van der Waals surface area contributed by atoms with Crippen molar-refractivity contribution in [3.05, 3.63) is 0 Å². The van der Waals surface area contributed by atoms with Crippen molar-refractivity contribution < 1.29 is 9.53 Å². The highest BCUT2D eigenvalue weighted by Crippen LogP contribution is 2.55. The van der Waals surface area contributed by atoms with Crippen LogP contribution >= 0.6 is 0 Å². The van der Waals surface area contributed by atoms with Crippen molar-refractivity contribution in [3.63, 3.8) is 0 Å². The molecular formula is C9H13NO2. The van der Waals surface area contributed by atoms with Crippen LogP contribution in [0.3, 0.4) is 0 Å². The third-order valence-corrected chi connectivity index (χ3v) is 2.54. The summed E-state index contributed by atoms with van der Waals surface area (Å²) in [7, 11) is 0. The van der Waals surface area contributed by atoms with Crippen molar-refractivity contribution in [2.75, 3.05) is 6.61 Å². The van der Waals surface area contributed by atoms with Crippen molar-refractivity contribution in [1.82, 2.24) is 0 Å². The van der Waals surface area contributed by atoms with E-state index in [-0.39, 0.29) is 11.9 Å². The van der Waals surface area contributed by atoms with E-state index < -0.39 is 5.41 Å². The van der Waals surface area contributed by atoms with Gasteiger partial charge >= 0.3 is 5.97 Å². The fourth-order valence-corrected chi connectivity index (χ4v) is 1.51. The number of hydrogen-bond acceptors (Lipinski definition) is 3. The highest BCUT2D eigenvalue weighted by atomic mass is 16.5. The normalized spacial score (nSPS) is 32.2. The van der Waals surface area contributed by atoms with Gasteiger partial charge in [0.1, 0.15) is 0 Å². The Balaban J connectivity index is 2.60. The van der Waals surface area contributed by atoms with Gasteiger partial charge in [0.2, 0.25) is 0 Å². The molecule has 0 amide bonds. The van der Waals surface area contributed by atoms with Gasteiger partial charge in [-0.3, -0.25) is 4.79 Å². The highest BCUT2D eigenvalue weighted by molar-refractivity contribution is 5.81. The molecule has 0 heterocycles. The average molecular weight is 167 g/mol. The molecule has 0 aliphatic heterocycles. The monoisotopic (exact) mass is 167 g/mol. The van der Waals surface area contributed by atoms with Gasteiger partial charge in [0.25, 0.3) is 0 Å². The molecule has 0 aromatic heterocycles. The molecule has 3 nitrogen and oxygen atoms in total. The zero-order valence-corrected chi connectivity index (χ0v) is 7.46. The molecule has 0 spiro atoms. The van der Waals surface area contributed by atoms with Crippen molar-refractivity contribution in [2.24, 2.45) is 11.3 Å². The molecule has 0 bridgehead atoms. The number of nitriles is 1. The molecule has 12 heavy (non-hydrogen) atoms. The summed E-state index contributed by atoms with van der Waals surface area (Å²) in [6.45, 7) is 4.11. The molecule has 1 saturated carbocycles. The summed E-state index contributed by atoms with van der Waals surface area (Å²) in [5.74, 6) is -0.305. The number of carbonyl (C=O) groups excluding carboxylic acids is 1. The third kappa shape index (κ3) is 1.18. The van der Waals surface area contributed by atoms with Crippen LogP contribution in [0, 0.1) is 22.7 Å². The third-order valence-electron chi connectivity index (χ3n) is 2.54. The van der Waals surface area contributed by atoms with E-state index in [0.29, 0.717) is 19.4 Å². The van der Waals surface area contributed by atoms with Crippen molar-refractivity contribution in [1.29, 1.82) is 5.26 Å². The molecular weight excluding hydrogens is 154 g/mol. The van der Waals surface area contributed by atoms with E-state index in [1.54, 1.807) is 6.92 Å². The number of esters is 1. The first kappa shape index (κ1) is 9.05. The molecule has 0 saturated heterocycles. The first-order valence-electron chi connectivity index (χ1n) is 4.28. The number of hydrogen-bond donors (Lipinski definition) is 0. The summed E-state index contributed by atoms with van der Waals surface area (Å²) in [6.07, 6.45) is 1.39. The van der Waals surface area contributed by atoms with Crippen molar-refractivity contribution >= 4 is 5.97 Å². The van der Waals surface area contributed by atoms with Gasteiger partial charge in [-0.1, -0.05) is 6.92 Å². The smallest absolute Gasteiger partial charge is 0.313 e. The van der Waals surface area contributed by atoms with E-state index in [1.165, 1.54) is 0 Å². The first-order chi connectivity index (χ1) is 5.71. The highest BCUT2D eigenvalue weighted by Gasteiger charge is 2.60. The Labute approximate surface area is 72.3 Å². The topological polar surface area (TPSA) is 50.1 Å². The lowest BCUT2D eigenvalue weighted by Crippen LogP contribution is -2.20. The average Bonchev–Trinajstić information content (AvgIpc) is 2.80. The maximum atomic E-state index is 11.4. The summed E-state index contributed by atoms with van der Waals surface area (Å²) in [4.78, 5) is 11.4. The van der Waals surface area contributed by atoms with Gasteiger partial charge < -0.3 is 4.74 Å². The molecule has 66 valence electrons. The second kappa shape index (κ2) is 3.14. The summed E-state index contributed by atoms with van der Waals surface area (Å²) in [6, 6.07) is 2.12. The van der Waals surface area contributed by atoms with E-state index in [4.69, 9.17) is 10.00 Å². The number of nitrogens with zero attached hydrogens (tertiary/aromatic N) is 1. The minimum absolute atomic E-state index is 0.110. The lowest BCUT2D eigenvalue weighted by Gasteiger charge is -2.10. The number of rotatable bonds is 3. The Kier molecular flexibility index (Phi) is 2.37. The fraction of sp³-hybridized carbons (Fsp3) is 0.778. The van der Waals surface area contributed by atoms with Crippen LogP contribution in [0.1, 0.15) is 26.7 Å². The van der Waals surface area contributed by atoms with Crippen LogP contribution in [-0.2, 0) is 9.53 Å². The predicted molar refractivity (Wildman–Crippen MR) is 43.1 cm³/mol. The van der Waals surface area contributed by atoms with Gasteiger partial charge in [-0.2, -0.15) is 5.26 Å². The molecule has 1 aliphatic carbocycles. The Morgan fingerprint density at radius 2 is 2.42 bits per heavy atom. The molecule has 1 fully saturated rings. The second-order valence-corrected chi connectivity index (χ2v) is 3.12. The molecule has 2 unspecified atom stereocenters. The molecule has 1 aliphatic rings. The molecule has 1 rings (SSSR count). The Morgan fingerprint density at radius 1 is 1.75 bits per heavy atom. The van der Waals surface area contributed by atoms with Crippen LogP contribution in [0.25, 0.3) is 0 Å².